The van der Waals surface area contributed by atoms with E-state index in [2.05, 4.69) is 26.1 Å². The largest absolute Gasteiger partial charge is 1.00 e. The Morgan fingerprint density at radius 1 is 1.06 bits per heavy atom. The molecular formula is C26H44NNaO5S. The first kappa shape index (κ1) is 28.9. The molecule has 0 heterocycles. The molecule has 0 radical (unpaired) electrons. The van der Waals surface area contributed by atoms with E-state index in [-0.39, 0.29) is 48.1 Å². The quantitative estimate of drug-likeness (QED) is 0.398. The normalized spacial score (nSPS) is 42.5. The Morgan fingerprint density at radius 3 is 2.44 bits per heavy atom. The molecule has 2 N–H and O–H groups in total. The molecule has 6 nitrogen and oxygen atoms in total. The van der Waals surface area contributed by atoms with Gasteiger partial charge in [0, 0.05) is 13.0 Å². The standard InChI is InChI=1S/C26H45NO5S.Na/c1-17(4-9-24(29)27-14-15-33(30,31)32)21-7-8-22-20-6-5-18-16-19(28)10-12-25(18,2)23(20)11-13-26(21,22)3;/h17-23,28H,4-16H2,1-3H3,(H,27,29)(H,30,31,32);/q;+1/p-1/t17-,18-,19-,20+,21-,22+,23?,25+,26-;/m1./s1. The van der Waals surface area contributed by atoms with E-state index in [1.165, 1.54) is 44.9 Å². The predicted octanol–water partition coefficient (Wildman–Crippen LogP) is 1.09. The van der Waals surface area contributed by atoms with Crippen LogP contribution in [0.5, 0.6) is 0 Å². The first-order valence-electron chi connectivity index (χ1n) is 13.3. The summed E-state index contributed by atoms with van der Waals surface area (Å²) in [5, 5.41) is 12.8. The van der Waals surface area contributed by atoms with Crippen LogP contribution in [0.15, 0.2) is 0 Å². The van der Waals surface area contributed by atoms with Crippen LogP contribution in [-0.4, -0.2) is 42.4 Å². The van der Waals surface area contributed by atoms with Gasteiger partial charge in [0.2, 0.25) is 5.91 Å². The summed E-state index contributed by atoms with van der Waals surface area (Å²) in [4.78, 5) is 12.2. The zero-order valence-corrected chi connectivity index (χ0v) is 24.5. The van der Waals surface area contributed by atoms with Gasteiger partial charge in [-0.2, -0.15) is 0 Å². The molecule has 4 fully saturated rings. The van der Waals surface area contributed by atoms with Gasteiger partial charge >= 0.3 is 29.6 Å². The van der Waals surface area contributed by atoms with E-state index < -0.39 is 15.9 Å². The van der Waals surface area contributed by atoms with E-state index in [0.717, 1.165) is 37.0 Å². The van der Waals surface area contributed by atoms with Crippen molar-refractivity contribution in [1.29, 1.82) is 0 Å². The number of hydrogen-bond donors (Lipinski definition) is 2. The van der Waals surface area contributed by atoms with Gasteiger partial charge in [-0.15, -0.1) is 0 Å². The number of hydrogen-bond acceptors (Lipinski definition) is 5. The van der Waals surface area contributed by atoms with Crippen LogP contribution in [0.1, 0.15) is 91.4 Å². The second-order valence-electron chi connectivity index (χ2n) is 12.4. The van der Waals surface area contributed by atoms with Crippen molar-refractivity contribution < 1.29 is 52.4 Å². The summed E-state index contributed by atoms with van der Waals surface area (Å²) < 4.78 is 32.1. The van der Waals surface area contributed by atoms with Gasteiger partial charge in [0.05, 0.1) is 22.0 Å². The third kappa shape index (κ3) is 5.75. The average Bonchev–Trinajstić information content (AvgIpc) is 3.09. The second-order valence-corrected chi connectivity index (χ2v) is 14.0. The van der Waals surface area contributed by atoms with E-state index in [1.54, 1.807) is 0 Å². The van der Waals surface area contributed by atoms with E-state index in [1.807, 2.05) is 0 Å². The van der Waals surface area contributed by atoms with Crippen LogP contribution in [0, 0.1) is 46.3 Å². The molecule has 4 aliphatic rings. The maximum atomic E-state index is 12.2. The molecular weight excluding hydrogens is 461 g/mol. The molecule has 4 rings (SSSR count). The van der Waals surface area contributed by atoms with E-state index in [4.69, 9.17) is 0 Å². The summed E-state index contributed by atoms with van der Waals surface area (Å²) in [6.07, 6.45) is 12.0. The number of carbonyl (C=O) groups is 1. The maximum Gasteiger partial charge on any atom is 1.00 e. The number of amides is 1. The number of nitrogens with one attached hydrogen (secondary N) is 1. The van der Waals surface area contributed by atoms with Gasteiger partial charge < -0.3 is 15.0 Å². The van der Waals surface area contributed by atoms with Crippen molar-refractivity contribution >= 4 is 16.0 Å². The molecule has 9 atom stereocenters. The molecule has 190 valence electrons. The van der Waals surface area contributed by atoms with Crippen LogP contribution >= 0.6 is 0 Å². The van der Waals surface area contributed by atoms with Crippen molar-refractivity contribution in [1.82, 2.24) is 5.32 Å². The first-order chi connectivity index (χ1) is 15.4. The van der Waals surface area contributed by atoms with E-state index in [9.17, 15) is 22.9 Å². The van der Waals surface area contributed by atoms with Gasteiger partial charge in [-0.1, -0.05) is 20.8 Å². The summed E-state index contributed by atoms with van der Waals surface area (Å²) in [6, 6.07) is 0. The Bertz CT molecular complexity index is 837. The van der Waals surface area contributed by atoms with Crippen LogP contribution in [0.2, 0.25) is 0 Å². The molecule has 34 heavy (non-hydrogen) atoms. The van der Waals surface area contributed by atoms with Crippen LogP contribution in [0.25, 0.3) is 0 Å². The molecule has 4 aliphatic carbocycles. The van der Waals surface area contributed by atoms with Crippen molar-refractivity contribution in [3.8, 4) is 0 Å². The number of rotatable bonds is 7. The monoisotopic (exact) mass is 505 g/mol. The molecule has 0 aliphatic heterocycles. The van der Waals surface area contributed by atoms with Crippen LogP contribution in [0.3, 0.4) is 0 Å². The third-order valence-electron chi connectivity index (χ3n) is 10.9. The number of aliphatic hydroxyl groups excluding tert-OH is 1. The van der Waals surface area contributed by atoms with Crippen LogP contribution in [-0.2, 0) is 14.9 Å². The van der Waals surface area contributed by atoms with Gasteiger partial charge in [0.25, 0.3) is 0 Å². The minimum atomic E-state index is -4.29. The predicted molar refractivity (Wildman–Crippen MR) is 127 cm³/mol. The molecule has 0 spiro atoms. The zero-order valence-electron chi connectivity index (χ0n) is 21.7. The summed E-state index contributed by atoms with van der Waals surface area (Å²) in [5.41, 5.74) is 0.758. The Balaban J connectivity index is 0.00000324. The van der Waals surface area contributed by atoms with Crippen molar-refractivity contribution in [2.45, 2.75) is 97.5 Å². The Hall–Kier alpha value is 0.340. The van der Waals surface area contributed by atoms with E-state index >= 15 is 0 Å². The fraction of sp³-hybridized carbons (Fsp3) is 0.962. The third-order valence-corrected chi connectivity index (χ3v) is 11.6. The Kier molecular flexibility index (Phi) is 9.34. The van der Waals surface area contributed by atoms with Gasteiger partial charge in [0.15, 0.2) is 0 Å². The first-order valence-corrected chi connectivity index (χ1v) is 14.9. The minimum Gasteiger partial charge on any atom is -0.748 e. The molecule has 1 unspecified atom stereocenters. The van der Waals surface area contributed by atoms with Crippen molar-refractivity contribution in [3.63, 3.8) is 0 Å². The molecule has 0 saturated heterocycles. The van der Waals surface area contributed by atoms with Gasteiger partial charge in [0.1, 0.15) is 0 Å². The molecule has 0 aromatic carbocycles. The van der Waals surface area contributed by atoms with E-state index in [0.29, 0.717) is 35.0 Å². The number of aliphatic hydroxyl groups is 1. The molecule has 4 saturated carbocycles. The number of fused-ring (bicyclic) bond motifs is 5. The Morgan fingerprint density at radius 2 is 1.74 bits per heavy atom. The Labute approximate surface area is 228 Å². The topological polar surface area (TPSA) is 107 Å². The molecule has 8 heteroatoms. The second kappa shape index (κ2) is 11.0. The van der Waals surface area contributed by atoms with Gasteiger partial charge in [-0.05, 0) is 111 Å². The fourth-order valence-corrected chi connectivity index (χ4v) is 9.53. The van der Waals surface area contributed by atoms with Crippen molar-refractivity contribution in [3.05, 3.63) is 0 Å². The average molecular weight is 506 g/mol. The molecule has 1 amide bonds. The van der Waals surface area contributed by atoms with Crippen molar-refractivity contribution in [2.24, 2.45) is 46.3 Å². The number of carbonyl (C=O) groups excluding carboxylic acids is 1. The van der Waals surface area contributed by atoms with Crippen LogP contribution in [0.4, 0.5) is 0 Å². The summed E-state index contributed by atoms with van der Waals surface area (Å²) >= 11 is 0. The van der Waals surface area contributed by atoms with Gasteiger partial charge in [-0.3, -0.25) is 4.79 Å². The van der Waals surface area contributed by atoms with Gasteiger partial charge in [-0.25, -0.2) is 8.42 Å². The van der Waals surface area contributed by atoms with Crippen molar-refractivity contribution in [2.75, 3.05) is 12.3 Å². The zero-order chi connectivity index (χ0) is 24.0. The SMILES string of the molecule is C[C@H](CCC(=O)NCCS(=O)(=O)[O-])[C@H]1CC[C@H]2[C@@H]3CC[C@@H]4C[C@H](O)CC[C@]4(C)C3CC[C@]12C.[Na+]. The van der Waals surface area contributed by atoms with Crippen LogP contribution < -0.4 is 34.9 Å². The maximum absolute atomic E-state index is 12.2. The summed E-state index contributed by atoms with van der Waals surface area (Å²) in [6.45, 7) is 7.26. The summed E-state index contributed by atoms with van der Waals surface area (Å²) in [5.74, 6) is 3.49. The fourth-order valence-electron chi connectivity index (χ4n) is 9.17. The summed E-state index contributed by atoms with van der Waals surface area (Å²) in [7, 11) is -4.29. The minimum absolute atomic E-state index is 0. The molecule has 0 aromatic heterocycles. The molecule has 0 aromatic rings. The smallest absolute Gasteiger partial charge is 0.748 e. The molecule has 0 bridgehead atoms.